The van der Waals surface area contributed by atoms with Gasteiger partial charge in [0.2, 0.25) is 6.79 Å². The zero-order valence-electron chi connectivity index (χ0n) is 18.0. The molecule has 10 heteroatoms. The molecule has 1 saturated heterocycles. The highest BCUT2D eigenvalue weighted by molar-refractivity contribution is 6.39. The number of nitrogens with zero attached hydrogens (tertiary/aromatic N) is 2. The molecular formula is C24H17ClFN3O5. The van der Waals surface area contributed by atoms with Crippen LogP contribution < -0.4 is 19.7 Å². The molecule has 0 spiro atoms. The minimum Gasteiger partial charge on any atom is -0.454 e. The van der Waals surface area contributed by atoms with E-state index in [9.17, 15) is 18.8 Å². The highest BCUT2D eigenvalue weighted by Crippen LogP contribution is 2.36. The van der Waals surface area contributed by atoms with E-state index in [-0.39, 0.29) is 23.1 Å². The number of halogens is 2. The Kier molecular flexibility index (Phi) is 5.13. The number of ether oxygens (including phenoxy) is 2. The third kappa shape index (κ3) is 3.50. The number of aromatic nitrogens is 1. The fourth-order valence-electron chi connectivity index (χ4n) is 4.03. The number of hydrogen-bond donors (Lipinski definition) is 1. The topological polar surface area (TPSA) is 89.9 Å². The molecule has 34 heavy (non-hydrogen) atoms. The number of carbonyl (C=O) groups is 3. The zero-order valence-corrected chi connectivity index (χ0v) is 18.8. The van der Waals surface area contributed by atoms with Gasteiger partial charge in [0.1, 0.15) is 11.4 Å². The summed E-state index contributed by atoms with van der Waals surface area (Å²) in [5.74, 6) is -1.23. The Morgan fingerprint density at radius 2 is 1.74 bits per heavy atom. The second-order valence-electron chi connectivity index (χ2n) is 7.76. The fourth-order valence-corrected chi connectivity index (χ4v) is 4.20. The van der Waals surface area contributed by atoms with Crippen molar-refractivity contribution < 1.29 is 28.2 Å². The van der Waals surface area contributed by atoms with E-state index in [0.717, 1.165) is 10.6 Å². The number of aryl methyl sites for hydroxylation is 1. The first kappa shape index (κ1) is 21.7. The van der Waals surface area contributed by atoms with Gasteiger partial charge in [0.15, 0.2) is 11.5 Å². The Balaban J connectivity index is 1.54. The maximum atomic E-state index is 13.6. The molecule has 1 N–H and O–H groups in total. The second-order valence-corrected chi connectivity index (χ2v) is 8.16. The summed E-state index contributed by atoms with van der Waals surface area (Å²) in [6, 6.07) is 9.86. The third-order valence-corrected chi connectivity index (χ3v) is 5.94. The molecule has 2 aliphatic heterocycles. The van der Waals surface area contributed by atoms with Gasteiger partial charge in [0, 0.05) is 23.1 Å². The normalized spacial score (nSPS) is 16.4. The second kappa shape index (κ2) is 8.03. The van der Waals surface area contributed by atoms with Crippen LogP contribution in [0.3, 0.4) is 0 Å². The zero-order chi connectivity index (χ0) is 24.1. The van der Waals surface area contributed by atoms with Gasteiger partial charge in [0.05, 0.1) is 10.7 Å². The molecule has 3 heterocycles. The average molecular weight is 482 g/mol. The number of amides is 4. The lowest BCUT2D eigenvalue weighted by atomic mass is 10.1. The number of benzene rings is 2. The van der Waals surface area contributed by atoms with Crippen LogP contribution in [-0.4, -0.2) is 29.2 Å². The van der Waals surface area contributed by atoms with Crippen molar-refractivity contribution in [2.75, 3.05) is 11.7 Å². The van der Waals surface area contributed by atoms with Gasteiger partial charge < -0.3 is 14.0 Å². The quantitative estimate of drug-likeness (QED) is 0.445. The summed E-state index contributed by atoms with van der Waals surface area (Å²) < 4.78 is 26.0. The maximum Gasteiger partial charge on any atom is 0.335 e. The standard InChI is InChI=1S/C24H17ClFN3O5/c1-12-7-14(13(2)28(12)15-3-5-19(26)18(25)9-15)8-17-22(30)27-24(32)29(23(17)31)16-4-6-20-21(10-16)34-11-33-20/h3-10H,11H2,1-2H3,(H,27,30,32)/b17-8+. The van der Waals surface area contributed by atoms with Crippen LogP contribution in [0.2, 0.25) is 5.02 Å². The van der Waals surface area contributed by atoms with Gasteiger partial charge in [-0.3, -0.25) is 14.9 Å². The number of imide groups is 2. The monoisotopic (exact) mass is 481 g/mol. The molecule has 3 aromatic rings. The molecule has 1 fully saturated rings. The van der Waals surface area contributed by atoms with Crippen molar-refractivity contribution in [1.29, 1.82) is 0 Å². The van der Waals surface area contributed by atoms with Crippen molar-refractivity contribution in [1.82, 2.24) is 9.88 Å². The summed E-state index contributed by atoms with van der Waals surface area (Å²) in [4.78, 5) is 39.2. The summed E-state index contributed by atoms with van der Waals surface area (Å²) in [6.45, 7) is 3.66. The van der Waals surface area contributed by atoms with Crippen LogP contribution >= 0.6 is 11.6 Å². The Morgan fingerprint density at radius 1 is 1.00 bits per heavy atom. The number of anilines is 1. The molecule has 2 aromatic carbocycles. The molecule has 8 nitrogen and oxygen atoms in total. The van der Waals surface area contributed by atoms with Crippen molar-refractivity contribution in [3.63, 3.8) is 0 Å². The predicted octanol–water partition coefficient (Wildman–Crippen LogP) is 4.28. The SMILES string of the molecule is Cc1cc(/C=C2\C(=O)NC(=O)N(c3ccc4c(c3)OCO4)C2=O)c(C)n1-c1ccc(F)c(Cl)c1. The lowest BCUT2D eigenvalue weighted by molar-refractivity contribution is -0.122. The Labute approximate surface area is 198 Å². The van der Waals surface area contributed by atoms with Crippen LogP contribution in [0.1, 0.15) is 17.0 Å². The van der Waals surface area contributed by atoms with Crippen molar-refractivity contribution in [3.05, 3.63) is 75.8 Å². The molecular weight excluding hydrogens is 465 g/mol. The molecule has 0 saturated carbocycles. The van der Waals surface area contributed by atoms with Gasteiger partial charge >= 0.3 is 6.03 Å². The molecule has 2 aliphatic rings. The van der Waals surface area contributed by atoms with Gasteiger partial charge in [-0.1, -0.05) is 11.6 Å². The van der Waals surface area contributed by atoms with Crippen LogP contribution in [0.5, 0.6) is 11.5 Å². The van der Waals surface area contributed by atoms with Crippen molar-refractivity contribution in [2.24, 2.45) is 0 Å². The van der Waals surface area contributed by atoms with E-state index in [4.69, 9.17) is 21.1 Å². The largest absolute Gasteiger partial charge is 0.454 e. The molecule has 1 aromatic heterocycles. The van der Waals surface area contributed by atoms with Crippen LogP contribution in [0.25, 0.3) is 11.8 Å². The number of barbiturate groups is 1. The van der Waals surface area contributed by atoms with Crippen molar-refractivity contribution >= 4 is 41.2 Å². The molecule has 172 valence electrons. The number of urea groups is 1. The molecule has 5 rings (SSSR count). The first-order valence-corrected chi connectivity index (χ1v) is 10.6. The summed E-state index contributed by atoms with van der Waals surface area (Å²) >= 11 is 5.94. The Bertz CT molecular complexity index is 1430. The summed E-state index contributed by atoms with van der Waals surface area (Å²) in [5, 5.41) is 2.18. The number of fused-ring (bicyclic) bond motifs is 1. The maximum absolute atomic E-state index is 13.6. The van der Waals surface area contributed by atoms with Gasteiger partial charge in [0.25, 0.3) is 11.8 Å². The van der Waals surface area contributed by atoms with Crippen molar-refractivity contribution in [3.8, 4) is 17.2 Å². The van der Waals surface area contributed by atoms with Gasteiger partial charge in [-0.2, -0.15) is 0 Å². The smallest absolute Gasteiger partial charge is 0.335 e. The molecule has 0 aliphatic carbocycles. The molecule has 0 bridgehead atoms. The first-order valence-electron chi connectivity index (χ1n) is 10.2. The van der Waals surface area contributed by atoms with Gasteiger partial charge in [-0.15, -0.1) is 0 Å². The highest BCUT2D eigenvalue weighted by atomic mass is 35.5. The van der Waals surface area contributed by atoms with E-state index in [0.29, 0.717) is 28.4 Å². The van der Waals surface area contributed by atoms with E-state index in [2.05, 4.69) is 5.32 Å². The predicted molar refractivity (Wildman–Crippen MR) is 122 cm³/mol. The van der Waals surface area contributed by atoms with E-state index in [1.807, 2.05) is 11.5 Å². The molecule has 0 radical (unpaired) electrons. The fraction of sp³-hybridized carbons (Fsp3) is 0.125. The average Bonchev–Trinajstić information content (AvgIpc) is 3.36. The first-order chi connectivity index (χ1) is 16.2. The lowest BCUT2D eigenvalue weighted by Crippen LogP contribution is -2.54. The molecule has 4 amide bonds. The minimum absolute atomic E-state index is 0.0235. The van der Waals surface area contributed by atoms with E-state index >= 15 is 0 Å². The minimum atomic E-state index is -0.863. The highest BCUT2D eigenvalue weighted by Gasteiger charge is 2.37. The number of rotatable bonds is 3. The number of nitrogens with one attached hydrogen (secondary N) is 1. The van der Waals surface area contributed by atoms with Gasteiger partial charge in [-0.25, -0.2) is 14.1 Å². The van der Waals surface area contributed by atoms with Crippen LogP contribution in [0, 0.1) is 19.7 Å². The van der Waals surface area contributed by atoms with E-state index in [1.165, 1.54) is 30.3 Å². The lowest BCUT2D eigenvalue weighted by Gasteiger charge is -2.26. The summed E-state index contributed by atoms with van der Waals surface area (Å²) in [5.41, 5.74) is 2.70. The van der Waals surface area contributed by atoms with Crippen molar-refractivity contribution in [2.45, 2.75) is 13.8 Å². The number of carbonyl (C=O) groups excluding carboxylic acids is 3. The van der Waals surface area contributed by atoms with Crippen LogP contribution in [0.4, 0.5) is 14.9 Å². The Morgan fingerprint density at radius 3 is 2.50 bits per heavy atom. The Hall–Kier alpha value is -4.11. The van der Waals surface area contributed by atoms with E-state index in [1.54, 1.807) is 25.1 Å². The van der Waals surface area contributed by atoms with E-state index < -0.39 is 23.7 Å². The van der Waals surface area contributed by atoms with Crippen LogP contribution in [0.15, 0.2) is 48.0 Å². The number of hydrogen-bond acceptors (Lipinski definition) is 5. The molecule has 0 unspecified atom stereocenters. The third-order valence-electron chi connectivity index (χ3n) is 5.65. The summed E-state index contributed by atoms with van der Waals surface area (Å²) in [6.07, 6.45) is 1.42. The molecule has 0 atom stereocenters. The van der Waals surface area contributed by atoms with Gasteiger partial charge in [-0.05, 0) is 61.9 Å². The van der Waals surface area contributed by atoms with Crippen LogP contribution in [-0.2, 0) is 9.59 Å². The summed E-state index contributed by atoms with van der Waals surface area (Å²) in [7, 11) is 0.